The van der Waals surface area contributed by atoms with Crippen LogP contribution in [0, 0.1) is 0 Å². The number of carbonyl (C=O) groups excluding carboxylic acids is 2. The Kier molecular flexibility index (Phi) is 7.05. The van der Waals surface area contributed by atoms with E-state index in [9.17, 15) is 9.59 Å². The molecule has 2 aromatic carbocycles. The van der Waals surface area contributed by atoms with Gasteiger partial charge in [-0.3, -0.25) is 9.59 Å². The van der Waals surface area contributed by atoms with E-state index in [-0.39, 0.29) is 18.2 Å². The molecule has 0 aliphatic carbocycles. The van der Waals surface area contributed by atoms with E-state index in [1.165, 1.54) is 0 Å². The second kappa shape index (κ2) is 9.49. The minimum Gasteiger partial charge on any atom is -0.341 e. The second-order valence-electron chi connectivity index (χ2n) is 6.33. The Balaban J connectivity index is 1.53. The molecule has 7 heteroatoms. The van der Waals surface area contributed by atoms with Gasteiger partial charge in [-0.1, -0.05) is 41.4 Å². The Morgan fingerprint density at radius 2 is 1.70 bits per heavy atom. The molecule has 1 heterocycles. The summed E-state index contributed by atoms with van der Waals surface area (Å²) in [6.45, 7) is 1.65. The maximum absolute atomic E-state index is 12.3. The topological polar surface area (TPSA) is 49.4 Å². The zero-order valence-electron chi connectivity index (χ0n) is 14.7. The van der Waals surface area contributed by atoms with Gasteiger partial charge in [0.15, 0.2) is 0 Å². The SMILES string of the molecule is O=C(Cc1ccc(Cl)cc1Cl)Nc1ccc(CC(=O)N2CCSCC2)cc1. The summed E-state index contributed by atoms with van der Waals surface area (Å²) in [4.78, 5) is 26.5. The van der Waals surface area contributed by atoms with Crippen LogP contribution in [0.3, 0.4) is 0 Å². The van der Waals surface area contributed by atoms with Gasteiger partial charge in [-0.15, -0.1) is 0 Å². The number of halogens is 2. The number of anilines is 1. The molecule has 1 N–H and O–H groups in total. The van der Waals surface area contributed by atoms with Crippen LogP contribution in [0.15, 0.2) is 42.5 Å². The molecule has 142 valence electrons. The number of benzene rings is 2. The second-order valence-corrected chi connectivity index (χ2v) is 8.40. The minimum atomic E-state index is -0.158. The monoisotopic (exact) mass is 422 g/mol. The van der Waals surface area contributed by atoms with Gasteiger partial charge >= 0.3 is 0 Å². The predicted octanol–water partition coefficient (Wildman–Crippen LogP) is 4.29. The molecule has 0 spiro atoms. The number of thioether (sulfide) groups is 1. The van der Waals surface area contributed by atoms with Crippen molar-refractivity contribution < 1.29 is 9.59 Å². The summed E-state index contributed by atoms with van der Waals surface area (Å²) in [5.41, 5.74) is 2.35. The average Bonchev–Trinajstić information content (AvgIpc) is 2.66. The van der Waals surface area contributed by atoms with Crippen molar-refractivity contribution in [3.8, 4) is 0 Å². The Morgan fingerprint density at radius 1 is 1.00 bits per heavy atom. The van der Waals surface area contributed by atoms with Gasteiger partial charge in [0, 0.05) is 40.3 Å². The van der Waals surface area contributed by atoms with E-state index < -0.39 is 0 Å². The van der Waals surface area contributed by atoms with Gasteiger partial charge < -0.3 is 10.2 Å². The first-order valence-corrected chi connectivity index (χ1v) is 10.6. The highest BCUT2D eigenvalue weighted by molar-refractivity contribution is 7.99. The predicted molar refractivity (Wildman–Crippen MR) is 113 cm³/mol. The summed E-state index contributed by atoms with van der Waals surface area (Å²) in [6.07, 6.45) is 0.558. The van der Waals surface area contributed by atoms with Crippen molar-refractivity contribution in [2.45, 2.75) is 12.8 Å². The van der Waals surface area contributed by atoms with Gasteiger partial charge in [-0.2, -0.15) is 11.8 Å². The first-order chi connectivity index (χ1) is 13.0. The maximum Gasteiger partial charge on any atom is 0.228 e. The van der Waals surface area contributed by atoms with Crippen molar-refractivity contribution in [2.75, 3.05) is 29.9 Å². The molecule has 3 rings (SSSR count). The van der Waals surface area contributed by atoms with Gasteiger partial charge in [0.05, 0.1) is 12.8 Å². The first-order valence-electron chi connectivity index (χ1n) is 8.69. The van der Waals surface area contributed by atoms with Crippen molar-refractivity contribution in [3.63, 3.8) is 0 Å². The molecule has 0 saturated carbocycles. The molecule has 4 nitrogen and oxygen atoms in total. The summed E-state index contributed by atoms with van der Waals surface area (Å²) < 4.78 is 0. The standard InChI is InChI=1S/C20H20Cl2N2O2S/c21-16-4-3-15(18(22)13-16)12-19(25)23-17-5-1-14(2-6-17)11-20(26)24-7-9-27-10-8-24/h1-6,13H,7-12H2,(H,23,25). The molecule has 1 saturated heterocycles. The smallest absolute Gasteiger partial charge is 0.228 e. The van der Waals surface area contributed by atoms with Crippen LogP contribution >= 0.6 is 35.0 Å². The zero-order valence-corrected chi connectivity index (χ0v) is 17.0. The molecule has 2 aromatic rings. The largest absolute Gasteiger partial charge is 0.341 e. The van der Waals surface area contributed by atoms with E-state index in [4.69, 9.17) is 23.2 Å². The lowest BCUT2D eigenvalue weighted by Gasteiger charge is -2.26. The third-order valence-electron chi connectivity index (χ3n) is 4.32. The fourth-order valence-electron chi connectivity index (χ4n) is 2.85. The van der Waals surface area contributed by atoms with Crippen molar-refractivity contribution in [1.29, 1.82) is 0 Å². The van der Waals surface area contributed by atoms with E-state index in [1.807, 2.05) is 40.9 Å². The highest BCUT2D eigenvalue weighted by Crippen LogP contribution is 2.22. The Bertz CT molecular complexity index is 821. The van der Waals surface area contributed by atoms with Gasteiger partial charge in [-0.25, -0.2) is 0 Å². The van der Waals surface area contributed by atoms with Crippen molar-refractivity contribution in [1.82, 2.24) is 4.90 Å². The summed E-state index contributed by atoms with van der Waals surface area (Å²) in [5.74, 6) is 2.02. The molecular formula is C20H20Cl2N2O2S. The van der Waals surface area contributed by atoms with Crippen LogP contribution < -0.4 is 5.32 Å². The van der Waals surface area contributed by atoms with Crippen LogP contribution in [0.25, 0.3) is 0 Å². The molecule has 0 bridgehead atoms. The van der Waals surface area contributed by atoms with Crippen LogP contribution in [0.4, 0.5) is 5.69 Å². The quantitative estimate of drug-likeness (QED) is 0.781. The number of nitrogens with one attached hydrogen (secondary N) is 1. The van der Waals surface area contributed by atoms with Gasteiger partial charge in [-0.05, 0) is 35.4 Å². The van der Waals surface area contributed by atoms with Gasteiger partial charge in [0.1, 0.15) is 0 Å². The van der Waals surface area contributed by atoms with E-state index in [2.05, 4.69) is 5.32 Å². The number of rotatable bonds is 5. The van der Waals surface area contributed by atoms with Crippen LogP contribution in [-0.2, 0) is 22.4 Å². The van der Waals surface area contributed by atoms with Gasteiger partial charge in [0.2, 0.25) is 11.8 Å². The molecule has 1 fully saturated rings. The molecule has 1 aliphatic heterocycles. The van der Waals surface area contributed by atoms with Crippen LogP contribution in [-0.4, -0.2) is 41.3 Å². The zero-order chi connectivity index (χ0) is 19.2. The van der Waals surface area contributed by atoms with Crippen molar-refractivity contribution in [3.05, 3.63) is 63.6 Å². The van der Waals surface area contributed by atoms with E-state index in [0.717, 1.165) is 35.7 Å². The molecule has 27 heavy (non-hydrogen) atoms. The fourth-order valence-corrected chi connectivity index (χ4v) is 4.23. The Labute approximate surface area is 173 Å². The number of hydrogen-bond donors (Lipinski definition) is 1. The molecule has 0 radical (unpaired) electrons. The summed E-state index contributed by atoms with van der Waals surface area (Å²) in [5, 5.41) is 3.86. The first kappa shape index (κ1) is 20.1. The molecule has 2 amide bonds. The molecule has 0 unspecified atom stereocenters. The lowest BCUT2D eigenvalue weighted by Crippen LogP contribution is -2.38. The van der Waals surface area contributed by atoms with Crippen LogP contribution in [0.5, 0.6) is 0 Å². The number of carbonyl (C=O) groups is 2. The van der Waals surface area contributed by atoms with Crippen molar-refractivity contribution >= 4 is 52.5 Å². The lowest BCUT2D eigenvalue weighted by molar-refractivity contribution is -0.130. The number of amides is 2. The number of nitrogens with zero attached hydrogens (tertiary/aromatic N) is 1. The third kappa shape index (κ3) is 5.89. The van der Waals surface area contributed by atoms with E-state index in [1.54, 1.807) is 18.2 Å². The highest BCUT2D eigenvalue weighted by atomic mass is 35.5. The van der Waals surface area contributed by atoms with Gasteiger partial charge in [0.25, 0.3) is 0 Å². The lowest BCUT2D eigenvalue weighted by atomic mass is 10.1. The molecular weight excluding hydrogens is 403 g/mol. The highest BCUT2D eigenvalue weighted by Gasteiger charge is 2.17. The Morgan fingerprint density at radius 3 is 2.37 bits per heavy atom. The van der Waals surface area contributed by atoms with E-state index in [0.29, 0.717) is 22.2 Å². The summed E-state index contributed by atoms with van der Waals surface area (Å²) in [6, 6.07) is 12.5. The average molecular weight is 423 g/mol. The Hall–Kier alpha value is -1.69. The van der Waals surface area contributed by atoms with Crippen LogP contribution in [0.2, 0.25) is 10.0 Å². The summed E-state index contributed by atoms with van der Waals surface area (Å²) >= 11 is 13.9. The normalized spacial score (nSPS) is 14.1. The molecule has 0 aromatic heterocycles. The van der Waals surface area contributed by atoms with Crippen molar-refractivity contribution in [2.24, 2.45) is 0 Å². The molecule has 0 atom stereocenters. The fraction of sp³-hybridized carbons (Fsp3) is 0.300. The minimum absolute atomic E-state index is 0.157. The maximum atomic E-state index is 12.3. The van der Waals surface area contributed by atoms with E-state index >= 15 is 0 Å². The number of hydrogen-bond acceptors (Lipinski definition) is 3. The molecule has 1 aliphatic rings. The third-order valence-corrected chi connectivity index (χ3v) is 5.85. The van der Waals surface area contributed by atoms with Crippen LogP contribution in [0.1, 0.15) is 11.1 Å². The summed E-state index contributed by atoms with van der Waals surface area (Å²) in [7, 11) is 0.